The second-order valence-electron chi connectivity index (χ2n) is 10.9. The molecule has 1 amide bonds. The Morgan fingerprint density at radius 1 is 1.11 bits per heavy atom. The molecule has 36 heavy (non-hydrogen) atoms. The van der Waals surface area contributed by atoms with Crippen LogP contribution < -0.4 is 20.9 Å². The van der Waals surface area contributed by atoms with Gasteiger partial charge in [0.2, 0.25) is 11.9 Å². The molecule has 2 aliphatic rings. The van der Waals surface area contributed by atoms with Crippen LogP contribution in [0.25, 0.3) is 10.9 Å². The Labute approximate surface area is 210 Å². The molecule has 2 fully saturated rings. The van der Waals surface area contributed by atoms with Crippen molar-refractivity contribution < 1.29 is 9.90 Å². The van der Waals surface area contributed by atoms with E-state index in [0.717, 1.165) is 23.3 Å². The first-order valence-electron chi connectivity index (χ1n) is 12.6. The monoisotopic (exact) mass is 493 g/mol. The van der Waals surface area contributed by atoms with Gasteiger partial charge < -0.3 is 26.0 Å². The summed E-state index contributed by atoms with van der Waals surface area (Å²) in [6, 6.07) is 3.94. The third-order valence-corrected chi connectivity index (χ3v) is 7.45. The Morgan fingerprint density at radius 3 is 2.50 bits per heavy atom. The van der Waals surface area contributed by atoms with Crippen LogP contribution in [0, 0.1) is 5.41 Å². The van der Waals surface area contributed by atoms with Crippen LogP contribution >= 0.6 is 0 Å². The number of primary amides is 1. The van der Waals surface area contributed by atoms with E-state index in [4.69, 9.17) is 10.8 Å². The molecule has 0 radical (unpaired) electrons. The number of nitrogens with zero attached hydrogens (tertiary/aromatic N) is 7. The van der Waals surface area contributed by atoms with Gasteiger partial charge in [0.1, 0.15) is 11.6 Å². The molecule has 1 atom stereocenters. The summed E-state index contributed by atoms with van der Waals surface area (Å²) >= 11 is 0. The summed E-state index contributed by atoms with van der Waals surface area (Å²) < 4.78 is 1.99. The first-order valence-corrected chi connectivity index (χ1v) is 12.6. The van der Waals surface area contributed by atoms with Crippen LogP contribution in [0.3, 0.4) is 0 Å². The Hall–Kier alpha value is -3.47. The quantitative estimate of drug-likeness (QED) is 0.473. The molecule has 5 rings (SSSR count). The van der Waals surface area contributed by atoms with Crippen LogP contribution in [0.5, 0.6) is 0 Å². The predicted molar refractivity (Wildman–Crippen MR) is 139 cm³/mol. The average molecular weight is 494 g/mol. The molecular formula is C25H35N9O2. The number of nitrogens with one attached hydrogen (secondary N) is 1. The second kappa shape index (κ2) is 8.88. The van der Waals surface area contributed by atoms with E-state index in [-0.39, 0.29) is 11.9 Å². The van der Waals surface area contributed by atoms with Gasteiger partial charge in [-0.1, -0.05) is 0 Å². The van der Waals surface area contributed by atoms with Gasteiger partial charge in [-0.25, -0.2) is 9.97 Å². The maximum Gasteiger partial charge on any atom is 0.227 e. The number of aromatic nitrogens is 5. The molecular weight excluding hydrogens is 458 g/mol. The smallest absolute Gasteiger partial charge is 0.227 e. The molecule has 3 aromatic heterocycles. The molecule has 5 heterocycles. The highest BCUT2D eigenvalue weighted by Crippen LogP contribution is 2.37. The Kier molecular flexibility index (Phi) is 5.98. The van der Waals surface area contributed by atoms with Crippen molar-refractivity contribution in [2.75, 3.05) is 41.3 Å². The van der Waals surface area contributed by atoms with E-state index in [0.29, 0.717) is 56.5 Å². The number of carbonyl (C=O) groups excluding carboxylic acids is 1. The van der Waals surface area contributed by atoms with Crippen molar-refractivity contribution in [2.45, 2.75) is 58.6 Å². The number of hydrogen-bond donors (Lipinski definition) is 3. The molecule has 0 bridgehead atoms. The summed E-state index contributed by atoms with van der Waals surface area (Å²) in [6.45, 7) is 10.7. The molecule has 2 aliphatic heterocycles. The van der Waals surface area contributed by atoms with E-state index in [1.165, 1.54) is 0 Å². The van der Waals surface area contributed by atoms with Crippen LogP contribution in [0.2, 0.25) is 0 Å². The predicted octanol–water partition coefficient (Wildman–Crippen LogP) is 2.60. The summed E-state index contributed by atoms with van der Waals surface area (Å²) in [7, 11) is 0. The Bertz CT molecular complexity index is 1280. The fraction of sp³-hybridized carbons (Fsp3) is 0.560. The lowest BCUT2D eigenvalue weighted by Crippen LogP contribution is -2.43. The number of nitrogens with two attached hydrogens (primary N) is 1. The van der Waals surface area contributed by atoms with E-state index < -0.39 is 11.0 Å². The normalized spacial score (nSPS) is 21.9. The number of anilines is 4. The van der Waals surface area contributed by atoms with E-state index >= 15 is 0 Å². The summed E-state index contributed by atoms with van der Waals surface area (Å²) in [6.07, 6.45) is 5.63. The standard InChI is InChI=1S/C25H35N9O2/c1-16(2)34-18-13-20(28-14-17(18)21(31-34)33-10-6-24(3,15-33)22(26)35)29-19-5-9-27-23(30-19)32-11-7-25(4,36)8-12-32/h5,9,13-14,16,36H,6-8,10-12,15H2,1-4H3,(H2,26,35)(H,27,28,29,30). The SMILES string of the molecule is CC(C)n1nc(N2CCC(C)(C(N)=O)C2)c2cnc(Nc3ccnc(N4CCC(C)(O)CC4)n3)cc21. The van der Waals surface area contributed by atoms with E-state index in [2.05, 4.69) is 43.9 Å². The molecule has 0 spiro atoms. The van der Waals surface area contributed by atoms with Gasteiger partial charge in [-0.2, -0.15) is 10.1 Å². The first-order chi connectivity index (χ1) is 17.0. The van der Waals surface area contributed by atoms with Crippen molar-refractivity contribution in [2.24, 2.45) is 11.1 Å². The van der Waals surface area contributed by atoms with Crippen LogP contribution in [0.4, 0.5) is 23.4 Å². The lowest BCUT2D eigenvalue weighted by atomic mass is 9.89. The minimum absolute atomic E-state index is 0.142. The highest BCUT2D eigenvalue weighted by atomic mass is 16.3. The van der Waals surface area contributed by atoms with Gasteiger partial charge in [0.05, 0.1) is 21.9 Å². The lowest BCUT2D eigenvalue weighted by Gasteiger charge is -2.35. The topological polar surface area (TPSA) is 138 Å². The number of hydrogen-bond acceptors (Lipinski definition) is 9. The summed E-state index contributed by atoms with van der Waals surface area (Å²) in [5.74, 6) is 2.49. The Morgan fingerprint density at radius 2 is 1.83 bits per heavy atom. The summed E-state index contributed by atoms with van der Waals surface area (Å²) in [4.78, 5) is 30.0. The maximum absolute atomic E-state index is 12.0. The molecule has 4 N–H and O–H groups in total. The third-order valence-electron chi connectivity index (χ3n) is 7.45. The van der Waals surface area contributed by atoms with Crippen molar-refractivity contribution in [3.8, 4) is 0 Å². The number of rotatable bonds is 6. The minimum atomic E-state index is -0.628. The van der Waals surface area contributed by atoms with Gasteiger partial charge >= 0.3 is 0 Å². The second-order valence-corrected chi connectivity index (χ2v) is 10.9. The van der Waals surface area contributed by atoms with Crippen molar-refractivity contribution >= 4 is 40.2 Å². The third kappa shape index (κ3) is 4.55. The molecule has 192 valence electrons. The average Bonchev–Trinajstić information content (AvgIpc) is 3.41. The molecule has 3 aromatic rings. The molecule has 0 aromatic carbocycles. The number of fused-ring (bicyclic) bond motifs is 1. The van der Waals surface area contributed by atoms with E-state index in [1.807, 2.05) is 36.9 Å². The van der Waals surface area contributed by atoms with Crippen molar-refractivity contribution in [3.63, 3.8) is 0 Å². The number of piperidine rings is 1. The summed E-state index contributed by atoms with van der Waals surface area (Å²) in [5.41, 5.74) is 5.44. The molecule has 2 saturated heterocycles. The number of amides is 1. The molecule has 0 saturated carbocycles. The molecule has 11 nitrogen and oxygen atoms in total. The van der Waals surface area contributed by atoms with E-state index in [9.17, 15) is 9.90 Å². The van der Waals surface area contributed by atoms with Crippen LogP contribution in [0.15, 0.2) is 24.5 Å². The lowest BCUT2D eigenvalue weighted by molar-refractivity contribution is -0.125. The zero-order valence-corrected chi connectivity index (χ0v) is 21.4. The number of carbonyl (C=O) groups is 1. The maximum atomic E-state index is 12.0. The van der Waals surface area contributed by atoms with Crippen LogP contribution in [-0.4, -0.2) is 67.5 Å². The van der Waals surface area contributed by atoms with Gasteiger partial charge in [-0.15, -0.1) is 0 Å². The zero-order chi connectivity index (χ0) is 25.7. The van der Waals surface area contributed by atoms with Crippen LogP contribution in [0.1, 0.15) is 53.0 Å². The highest BCUT2D eigenvalue weighted by molar-refractivity contribution is 5.92. The van der Waals surface area contributed by atoms with Gasteiger partial charge in [-0.3, -0.25) is 9.48 Å². The molecule has 11 heteroatoms. The summed E-state index contributed by atoms with van der Waals surface area (Å²) in [5, 5.41) is 19.4. The fourth-order valence-electron chi connectivity index (χ4n) is 4.94. The minimum Gasteiger partial charge on any atom is -0.390 e. The fourth-order valence-corrected chi connectivity index (χ4v) is 4.94. The van der Waals surface area contributed by atoms with Gasteiger partial charge in [-0.05, 0) is 53.0 Å². The van der Waals surface area contributed by atoms with Crippen molar-refractivity contribution in [1.82, 2.24) is 24.7 Å². The number of pyridine rings is 1. The van der Waals surface area contributed by atoms with Crippen molar-refractivity contribution in [1.29, 1.82) is 0 Å². The van der Waals surface area contributed by atoms with Gasteiger partial charge in [0.25, 0.3) is 0 Å². The highest BCUT2D eigenvalue weighted by Gasteiger charge is 2.40. The first kappa shape index (κ1) is 24.2. The Balaban J connectivity index is 1.40. The van der Waals surface area contributed by atoms with Gasteiger partial charge in [0, 0.05) is 50.7 Å². The molecule has 0 aliphatic carbocycles. The van der Waals surface area contributed by atoms with Crippen LogP contribution in [-0.2, 0) is 4.79 Å². The zero-order valence-electron chi connectivity index (χ0n) is 21.4. The van der Waals surface area contributed by atoms with Crippen molar-refractivity contribution in [3.05, 3.63) is 24.5 Å². The number of aliphatic hydroxyl groups is 1. The van der Waals surface area contributed by atoms with E-state index in [1.54, 1.807) is 6.20 Å². The largest absolute Gasteiger partial charge is 0.390 e. The molecule has 1 unspecified atom stereocenters. The van der Waals surface area contributed by atoms with Gasteiger partial charge in [0.15, 0.2) is 5.82 Å².